The van der Waals surface area contributed by atoms with Crippen molar-refractivity contribution in [2.75, 3.05) is 0 Å². The zero-order valence-electron chi connectivity index (χ0n) is 3.39. The van der Waals surface area contributed by atoms with Crippen LogP contribution in [0.2, 0.25) is 0 Å². The number of H-pyrrole nitrogens is 1. The maximum atomic E-state index is 11.6. The van der Waals surface area contributed by atoms with Crippen molar-refractivity contribution in [3.63, 3.8) is 0 Å². The molecule has 0 unspecified atom stereocenters. The lowest BCUT2D eigenvalue weighted by Crippen LogP contribution is -2.05. The molecule has 1 aromatic heterocycles. The van der Waals surface area contributed by atoms with Crippen molar-refractivity contribution in [1.29, 1.82) is 0 Å². The van der Waals surface area contributed by atoms with Gasteiger partial charge in [-0.05, 0) is 0 Å². The van der Waals surface area contributed by atoms with Gasteiger partial charge in [-0.2, -0.15) is 0 Å². The van der Waals surface area contributed by atoms with Gasteiger partial charge >= 0.3 is 0 Å². The van der Waals surface area contributed by atoms with E-state index in [4.69, 9.17) is 0 Å². The molecule has 0 aliphatic carbocycles. The maximum Gasteiger partial charge on any atom is 0.296 e. The fourth-order valence-corrected chi connectivity index (χ4v) is 0.303. The first-order valence-corrected chi connectivity index (χ1v) is 1.73. The summed E-state index contributed by atoms with van der Waals surface area (Å²) in [6, 6.07) is 1.10. The lowest BCUT2D eigenvalue weighted by molar-refractivity contribution is 0.304. The molecule has 1 rings (SSSR count). The molecule has 7 heavy (non-hydrogen) atoms. The molecule has 3 nitrogen and oxygen atoms in total. The first-order valence-electron chi connectivity index (χ1n) is 1.73. The Bertz CT molecular complexity index is 201. The fraction of sp³-hybridized carbons (Fsp3) is 0. The number of hydrogen-bond acceptors (Lipinski definition) is 1. The van der Waals surface area contributed by atoms with Gasteiger partial charge in [0.2, 0.25) is 0 Å². The third-order valence-electron chi connectivity index (χ3n) is 0.607. The Labute approximate surface area is 38.3 Å². The van der Waals surface area contributed by atoms with Gasteiger partial charge in [0.1, 0.15) is 0 Å². The standard InChI is InChI=1S/C3H3FN2O/c4-6-3(7)1-2-5-6/h1-2,5H. The van der Waals surface area contributed by atoms with E-state index in [0.29, 0.717) is 0 Å². The second kappa shape index (κ2) is 1.22. The Hall–Kier alpha value is -1.06. The molecule has 0 aliphatic heterocycles. The van der Waals surface area contributed by atoms with E-state index in [1.165, 1.54) is 6.20 Å². The molecule has 0 saturated heterocycles. The van der Waals surface area contributed by atoms with Crippen molar-refractivity contribution < 1.29 is 4.48 Å². The van der Waals surface area contributed by atoms with Crippen molar-refractivity contribution >= 4 is 0 Å². The highest BCUT2D eigenvalue weighted by atomic mass is 19.2. The molecule has 0 bridgehead atoms. The molecule has 0 aliphatic rings. The molecule has 0 spiro atoms. The van der Waals surface area contributed by atoms with Crippen LogP contribution in [0.15, 0.2) is 17.1 Å². The predicted octanol–water partition coefficient (Wildman–Crippen LogP) is -0.0910. The summed E-state index contributed by atoms with van der Waals surface area (Å²) < 4.78 is 11.6. The number of halogens is 1. The van der Waals surface area contributed by atoms with E-state index >= 15 is 0 Å². The zero-order chi connectivity index (χ0) is 5.28. The van der Waals surface area contributed by atoms with E-state index in [1.54, 1.807) is 0 Å². The molecule has 1 N–H and O–H groups in total. The highest BCUT2D eigenvalue weighted by Gasteiger charge is 1.85. The van der Waals surface area contributed by atoms with Crippen LogP contribution < -0.4 is 5.56 Å². The number of nitrogens with one attached hydrogen (secondary N) is 1. The summed E-state index contributed by atoms with van der Waals surface area (Å²) in [7, 11) is 0. The average Bonchev–Trinajstić information content (AvgIpc) is 1.91. The summed E-state index contributed by atoms with van der Waals surface area (Å²) in [6.07, 6.45) is 1.22. The summed E-state index contributed by atoms with van der Waals surface area (Å²) in [5.74, 6) is 0. The Morgan fingerprint density at radius 3 is 2.71 bits per heavy atom. The molecule has 4 heteroatoms. The third-order valence-corrected chi connectivity index (χ3v) is 0.607. The lowest BCUT2D eigenvalue weighted by Gasteiger charge is -1.72. The summed E-state index contributed by atoms with van der Waals surface area (Å²) in [4.78, 5) is 9.88. The van der Waals surface area contributed by atoms with Crippen LogP contribution in [0.3, 0.4) is 0 Å². The van der Waals surface area contributed by atoms with E-state index in [-0.39, 0.29) is 4.90 Å². The second-order valence-corrected chi connectivity index (χ2v) is 1.08. The second-order valence-electron chi connectivity index (χ2n) is 1.08. The zero-order valence-corrected chi connectivity index (χ0v) is 3.39. The normalized spacial score (nSPS) is 9.29. The number of aromatic amines is 1. The average molecular weight is 102 g/mol. The molecule has 0 aromatic carbocycles. The van der Waals surface area contributed by atoms with E-state index in [2.05, 4.69) is 0 Å². The summed E-state index contributed by atoms with van der Waals surface area (Å²) in [6.45, 7) is 0. The van der Waals surface area contributed by atoms with E-state index in [1.807, 2.05) is 5.10 Å². The van der Waals surface area contributed by atoms with Crippen LogP contribution in [0, 0.1) is 0 Å². The molecule has 0 saturated carbocycles. The molecule has 38 valence electrons. The van der Waals surface area contributed by atoms with Crippen LogP contribution in [-0.4, -0.2) is 10.0 Å². The molecule has 0 amide bonds. The first-order chi connectivity index (χ1) is 3.30. The van der Waals surface area contributed by atoms with Gasteiger partial charge in [0.05, 0.1) is 0 Å². The number of aromatic nitrogens is 2. The van der Waals surface area contributed by atoms with Crippen LogP contribution >= 0.6 is 0 Å². The van der Waals surface area contributed by atoms with Crippen LogP contribution in [0.4, 0.5) is 4.48 Å². The van der Waals surface area contributed by atoms with Gasteiger partial charge in [0.25, 0.3) is 5.56 Å². The predicted molar refractivity (Wildman–Crippen MR) is 21.6 cm³/mol. The van der Waals surface area contributed by atoms with E-state index < -0.39 is 5.56 Å². The molecule has 0 fully saturated rings. The molecule has 0 radical (unpaired) electrons. The quantitative estimate of drug-likeness (QED) is 0.488. The smallest absolute Gasteiger partial charge is 0.274 e. The summed E-state index contributed by atoms with van der Waals surface area (Å²) >= 11 is 0. The summed E-state index contributed by atoms with van der Waals surface area (Å²) in [5, 5.41) is 2.01. The lowest BCUT2D eigenvalue weighted by atomic mass is 10.7. The van der Waals surface area contributed by atoms with Crippen LogP contribution in [0.1, 0.15) is 0 Å². The van der Waals surface area contributed by atoms with E-state index in [9.17, 15) is 9.28 Å². The van der Waals surface area contributed by atoms with Gasteiger partial charge in [-0.15, -0.1) is 0 Å². The number of nitrogens with zero attached hydrogens (tertiary/aromatic N) is 1. The number of hydrogen-bond donors (Lipinski definition) is 1. The van der Waals surface area contributed by atoms with Gasteiger partial charge < -0.3 is 0 Å². The molecular formula is C3H3FN2O. The monoisotopic (exact) mass is 102 g/mol. The van der Waals surface area contributed by atoms with Crippen molar-refractivity contribution in [1.82, 2.24) is 10.0 Å². The Balaban J connectivity index is 3.39. The van der Waals surface area contributed by atoms with Crippen molar-refractivity contribution in [3.05, 3.63) is 22.6 Å². The third kappa shape index (κ3) is 0.534. The minimum atomic E-state index is -0.667. The van der Waals surface area contributed by atoms with Crippen LogP contribution in [0.25, 0.3) is 0 Å². The van der Waals surface area contributed by atoms with Crippen molar-refractivity contribution in [2.24, 2.45) is 0 Å². The number of rotatable bonds is 0. The minimum absolute atomic E-state index is 0.0972. The van der Waals surface area contributed by atoms with Gasteiger partial charge in [0.15, 0.2) is 0 Å². The van der Waals surface area contributed by atoms with Gasteiger partial charge in [-0.25, -0.2) is 0 Å². The van der Waals surface area contributed by atoms with Crippen LogP contribution in [-0.2, 0) is 0 Å². The van der Waals surface area contributed by atoms with E-state index in [0.717, 1.165) is 6.07 Å². The highest BCUT2D eigenvalue weighted by molar-refractivity contribution is 4.76. The largest absolute Gasteiger partial charge is 0.296 e. The summed E-state index contributed by atoms with van der Waals surface area (Å²) in [5.41, 5.74) is -0.667. The molecule has 0 atom stereocenters. The van der Waals surface area contributed by atoms with Crippen molar-refractivity contribution in [3.8, 4) is 0 Å². The van der Waals surface area contributed by atoms with Gasteiger partial charge in [0, 0.05) is 12.3 Å². The Kier molecular flexibility index (Phi) is 0.714. The van der Waals surface area contributed by atoms with Gasteiger partial charge in [-0.3, -0.25) is 9.89 Å². The SMILES string of the molecule is O=c1cc[nH]n1F. The first kappa shape index (κ1) is 4.11. The Morgan fingerprint density at radius 1 is 1.86 bits per heavy atom. The van der Waals surface area contributed by atoms with Crippen molar-refractivity contribution in [2.45, 2.75) is 0 Å². The maximum absolute atomic E-state index is 11.6. The molecule has 1 aromatic rings. The minimum Gasteiger partial charge on any atom is -0.274 e. The Morgan fingerprint density at radius 2 is 2.57 bits per heavy atom. The topological polar surface area (TPSA) is 37.8 Å². The van der Waals surface area contributed by atoms with Crippen LogP contribution in [0.5, 0.6) is 0 Å². The molecular weight excluding hydrogens is 99.0 g/mol. The fourth-order valence-electron chi connectivity index (χ4n) is 0.303. The van der Waals surface area contributed by atoms with Gasteiger partial charge in [-0.1, -0.05) is 9.39 Å². The molecule has 1 heterocycles. The highest BCUT2D eigenvalue weighted by Crippen LogP contribution is 1.67.